The second kappa shape index (κ2) is 4.80. The van der Waals surface area contributed by atoms with Crippen molar-refractivity contribution in [3.8, 4) is 6.07 Å². The van der Waals surface area contributed by atoms with Gasteiger partial charge in [0.1, 0.15) is 5.69 Å². The molecule has 1 unspecified atom stereocenters. The van der Waals surface area contributed by atoms with Gasteiger partial charge in [0.25, 0.3) is 5.91 Å². The SMILES string of the molecule is N#CC1CN(C(=O)c2cccc(=O)[nH]2)CCO1. The van der Waals surface area contributed by atoms with E-state index < -0.39 is 6.10 Å². The summed E-state index contributed by atoms with van der Waals surface area (Å²) < 4.78 is 5.14. The molecule has 1 aromatic heterocycles. The number of H-pyrrole nitrogens is 1. The Morgan fingerprint density at radius 1 is 1.59 bits per heavy atom. The van der Waals surface area contributed by atoms with E-state index in [4.69, 9.17) is 10.00 Å². The Bertz CT molecular complexity index is 517. The summed E-state index contributed by atoms with van der Waals surface area (Å²) in [6.45, 7) is 0.987. The lowest BCUT2D eigenvalue weighted by molar-refractivity contribution is 0.00319. The lowest BCUT2D eigenvalue weighted by atomic mass is 10.2. The number of rotatable bonds is 1. The number of nitrogens with zero attached hydrogens (tertiary/aromatic N) is 2. The van der Waals surface area contributed by atoms with E-state index in [0.29, 0.717) is 13.2 Å². The summed E-state index contributed by atoms with van der Waals surface area (Å²) in [5, 5.41) is 8.73. The Balaban J connectivity index is 2.15. The van der Waals surface area contributed by atoms with E-state index in [1.165, 1.54) is 17.0 Å². The van der Waals surface area contributed by atoms with Gasteiger partial charge in [0.15, 0.2) is 6.10 Å². The minimum absolute atomic E-state index is 0.228. The highest BCUT2D eigenvalue weighted by molar-refractivity contribution is 5.92. The fourth-order valence-electron chi connectivity index (χ4n) is 1.65. The second-order valence-electron chi connectivity index (χ2n) is 3.67. The molecule has 0 spiro atoms. The molecule has 1 fully saturated rings. The molecule has 17 heavy (non-hydrogen) atoms. The van der Waals surface area contributed by atoms with E-state index in [-0.39, 0.29) is 23.7 Å². The molecule has 1 atom stereocenters. The van der Waals surface area contributed by atoms with Crippen LogP contribution in [-0.4, -0.2) is 41.6 Å². The van der Waals surface area contributed by atoms with Gasteiger partial charge in [0.2, 0.25) is 5.56 Å². The molecule has 1 N–H and O–H groups in total. The number of carbonyl (C=O) groups is 1. The fraction of sp³-hybridized carbons (Fsp3) is 0.364. The molecular formula is C11H11N3O3. The summed E-state index contributed by atoms with van der Waals surface area (Å²) in [4.78, 5) is 27.1. The number of nitriles is 1. The number of ether oxygens (including phenoxy) is 1. The Morgan fingerprint density at radius 3 is 3.12 bits per heavy atom. The van der Waals surface area contributed by atoms with Crippen molar-refractivity contribution in [1.82, 2.24) is 9.88 Å². The van der Waals surface area contributed by atoms with Crippen molar-refractivity contribution in [2.24, 2.45) is 0 Å². The maximum Gasteiger partial charge on any atom is 0.270 e. The Labute approximate surface area is 97.4 Å². The summed E-state index contributed by atoms with van der Waals surface area (Å²) >= 11 is 0. The van der Waals surface area contributed by atoms with E-state index in [1.807, 2.05) is 6.07 Å². The molecule has 88 valence electrons. The Kier molecular flexibility index (Phi) is 3.21. The molecule has 0 aliphatic carbocycles. The first-order chi connectivity index (χ1) is 8.20. The maximum atomic E-state index is 12.0. The van der Waals surface area contributed by atoms with Gasteiger partial charge in [-0.2, -0.15) is 5.26 Å². The van der Waals surface area contributed by atoms with Gasteiger partial charge in [-0.3, -0.25) is 9.59 Å². The topological polar surface area (TPSA) is 86.2 Å². The van der Waals surface area contributed by atoms with Crippen LogP contribution in [0.25, 0.3) is 0 Å². The van der Waals surface area contributed by atoms with Crippen LogP contribution in [0, 0.1) is 11.3 Å². The molecule has 1 aliphatic heterocycles. The molecule has 2 rings (SSSR count). The van der Waals surface area contributed by atoms with Crippen LogP contribution in [0.3, 0.4) is 0 Å². The molecule has 1 saturated heterocycles. The number of pyridine rings is 1. The van der Waals surface area contributed by atoms with Crippen LogP contribution in [0.1, 0.15) is 10.5 Å². The van der Waals surface area contributed by atoms with Crippen molar-refractivity contribution in [2.45, 2.75) is 6.10 Å². The summed E-state index contributed by atoms with van der Waals surface area (Å²) in [7, 11) is 0. The molecule has 0 bridgehead atoms. The van der Waals surface area contributed by atoms with Gasteiger partial charge in [-0.15, -0.1) is 0 Å². The number of morpholine rings is 1. The van der Waals surface area contributed by atoms with Gasteiger partial charge in [-0.25, -0.2) is 0 Å². The predicted molar refractivity (Wildman–Crippen MR) is 58.3 cm³/mol. The first-order valence-electron chi connectivity index (χ1n) is 5.20. The lowest BCUT2D eigenvalue weighted by Crippen LogP contribution is -2.45. The standard InChI is InChI=1S/C11H11N3O3/c12-6-8-7-14(4-5-17-8)11(16)9-2-1-3-10(15)13-9/h1-3,8H,4-5,7H2,(H,13,15). The zero-order chi connectivity index (χ0) is 12.3. The Morgan fingerprint density at radius 2 is 2.41 bits per heavy atom. The Hall–Kier alpha value is -2.13. The van der Waals surface area contributed by atoms with Crippen molar-refractivity contribution in [1.29, 1.82) is 5.26 Å². The van der Waals surface area contributed by atoms with Crippen LogP contribution >= 0.6 is 0 Å². The number of amides is 1. The van der Waals surface area contributed by atoms with Crippen molar-refractivity contribution in [3.63, 3.8) is 0 Å². The van der Waals surface area contributed by atoms with Gasteiger partial charge in [0, 0.05) is 12.6 Å². The molecule has 0 saturated carbocycles. The maximum absolute atomic E-state index is 12.0. The third-order valence-electron chi connectivity index (χ3n) is 2.50. The third kappa shape index (κ3) is 2.52. The third-order valence-corrected chi connectivity index (χ3v) is 2.50. The van der Waals surface area contributed by atoms with E-state index in [0.717, 1.165) is 0 Å². The van der Waals surface area contributed by atoms with Crippen LogP contribution in [-0.2, 0) is 4.74 Å². The van der Waals surface area contributed by atoms with E-state index in [1.54, 1.807) is 6.07 Å². The van der Waals surface area contributed by atoms with Crippen LogP contribution in [0.2, 0.25) is 0 Å². The highest BCUT2D eigenvalue weighted by Gasteiger charge is 2.25. The molecule has 0 radical (unpaired) electrons. The van der Waals surface area contributed by atoms with Crippen LogP contribution < -0.4 is 5.56 Å². The summed E-state index contributed by atoms with van der Waals surface area (Å²) in [6.07, 6.45) is -0.594. The number of aromatic nitrogens is 1. The molecule has 6 heteroatoms. The molecule has 1 aliphatic rings. The predicted octanol–water partition coefficient (Wildman–Crippen LogP) is -0.261. The van der Waals surface area contributed by atoms with Crippen molar-refractivity contribution < 1.29 is 9.53 Å². The van der Waals surface area contributed by atoms with E-state index in [2.05, 4.69) is 4.98 Å². The van der Waals surface area contributed by atoms with Crippen molar-refractivity contribution in [3.05, 3.63) is 34.2 Å². The first-order valence-corrected chi connectivity index (χ1v) is 5.20. The number of hydrogen-bond acceptors (Lipinski definition) is 4. The first kappa shape index (κ1) is 11.4. The van der Waals surface area contributed by atoms with Gasteiger partial charge >= 0.3 is 0 Å². The zero-order valence-electron chi connectivity index (χ0n) is 9.05. The average Bonchev–Trinajstić information content (AvgIpc) is 2.38. The van der Waals surface area contributed by atoms with Crippen LogP contribution in [0.15, 0.2) is 23.0 Å². The van der Waals surface area contributed by atoms with Crippen LogP contribution in [0.4, 0.5) is 0 Å². The zero-order valence-corrected chi connectivity index (χ0v) is 9.05. The number of nitrogens with one attached hydrogen (secondary N) is 1. The smallest absolute Gasteiger partial charge is 0.270 e. The molecule has 0 aromatic carbocycles. The number of carbonyl (C=O) groups excluding carboxylic acids is 1. The minimum Gasteiger partial charge on any atom is -0.360 e. The van der Waals surface area contributed by atoms with Gasteiger partial charge in [0.05, 0.1) is 19.2 Å². The molecule has 2 heterocycles. The summed E-state index contributed by atoms with van der Waals surface area (Å²) in [5.41, 5.74) is -0.0861. The normalized spacial score (nSPS) is 19.7. The van der Waals surface area contributed by atoms with E-state index >= 15 is 0 Å². The minimum atomic E-state index is -0.594. The van der Waals surface area contributed by atoms with Gasteiger partial charge < -0.3 is 14.6 Å². The fourth-order valence-corrected chi connectivity index (χ4v) is 1.65. The monoisotopic (exact) mass is 233 g/mol. The number of hydrogen-bond donors (Lipinski definition) is 1. The quantitative estimate of drug-likeness (QED) is 0.724. The summed E-state index contributed by atoms with van der Waals surface area (Å²) in [5.74, 6) is -0.286. The van der Waals surface area contributed by atoms with Gasteiger partial charge in [-0.05, 0) is 6.07 Å². The van der Waals surface area contributed by atoms with Crippen LogP contribution in [0.5, 0.6) is 0 Å². The lowest BCUT2D eigenvalue weighted by Gasteiger charge is -2.29. The number of aromatic amines is 1. The highest BCUT2D eigenvalue weighted by atomic mass is 16.5. The highest BCUT2D eigenvalue weighted by Crippen LogP contribution is 2.07. The summed E-state index contributed by atoms with van der Waals surface area (Å²) in [6, 6.07) is 6.37. The van der Waals surface area contributed by atoms with Gasteiger partial charge in [-0.1, -0.05) is 6.07 Å². The molecular weight excluding hydrogens is 222 g/mol. The molecule has 1 amide bonds. The van der Waals surface area contributed by atoms with E-state index in [9.17, 15) is 9.59 Å². The largest absolute Gasteiger partial charge is 0.360 e. The molecule has 1 aromatic rings. The molecule has 6 nitrogen and oxygen atoms in total. The van der Waals surface area contributed by atoms with Crippen molar-refractivity contribution in [2.75, 3.05) is 19.7 Å². The van der Waals surface area contributed by atoms with Crippen molar-refractivity contribution >= 4 is 5.91 Å². The second-order valence-corrected chi connectivity index (χ2v) is 3.67. The average molecular weight is 233 g/mol.